The zero-order valence-corrected chi connectivity index (χ0v) is 12.2. The van der Waals surface area contributed by atoms with Crippen molar-refractivity contribution < 1.29 is 9.21 Å². The fraction of sp³-hybridized carbons (Fsp3) is 0.353. The van der Waals surface area contributed by atoms with E-state index in [9.17, 15) is 4.79 Å². The lowest BCUT2D eigenvalue weighted by Crippen LogP contribution is -2.40. The third-order valence-electron chi connectivity index (χ3n) is 4.02. The number of hydrogen-bond donors (Lipinski definition) is 1. The van der Waals surface area contributed by atoms with Crippen molar-refractivity contribution in [1.29, 1.82) is 0 Å². The van der Waals surface area contributed by atoms with Crippen molar-refractivity contribution in [3.63, 3.8) is 0 Å². The quantitative estimate of drug-likeness (QED) is 0.938. The highest BCUT2D eigenvalue weighted by atomic mass is 16.3. The summed E-state index contributed by atoms with van der Waals surface area (Å²) in [5, 5.41) is 2.91. The Bertz CT molecular complexity index is 607. The van der Waals surface area contributed by atoms with Gasteiger partial charge in [0.1, 0.15) is 5.76 Å². The highest BCUT2D eigenvalue weighted by molar-refractivity contribution is 5.72. The van der Waals surface area contributed by atoms with Gasteiger partial charge in [-0.3, -0.25) is 9.69 Å². The lowest BCUT2D eigenvalue weighted by molar-refractivity contribution is -0.119. The molecule has 0 radical (unpaired) electrons. The monoisotopic (exact) mass is 284 g/mol. The SMILES string of the molecule is CC(=O)NC[C@@H](c1ccco1)N1CCc2ccccc2C1. The molecule has 0 unspecified atom stereocenters. The molecule has 1 atom stereocenters. The van der Waals surface area contributed by atoms with Crippen LogP contribution < -0.4 is 5.32 Å². The highest BCUT2D eigenvalue weighted by Crippen LogP contribution is 2.27. The Morgan fingerprint density at radius 2 is 2.10 bits per heavy atom. The molecule has 0 bridgehead atoms. The molecule has 2 aromatic rings. The molecule has 1 aromatic carbocycles. The van der Waals surface area contributed by atoms with Crippen molar-refractivity contribution in [2.24, 2.45) is 0 Å². The predicted molar refractivity (Wildman–Crippen MR) is 80.7 cm³/mol. The van der Waals surface area contributed by atoms with Crippen molar-refractivity contribution in [3.8, 4) is 0 Å². The first-order valence-electron chi connectivity index (χ1n) is 7.32. The second-order valence-corrected chi connectivity index (χ2v) is 5.46. The average Bonchev–Trinajstić information content (AvgIpc) is 3.01. The van der Waals surface area contributed by atoms with E-state index in [1.807, 2.05) is 12.1 Å². The Morgan fingerprint density at radius 1 is 1.29 bits per heavy atom. The molecule has 21 heavy (non-hydrogen) atoms. The number of furan rings is 1. The van der Waals surface area contributed by atoms with E-state index in [1.54, 1.807) is 13.2 Å². The van der Waals surface area contributed by atoms with Crippen LogP contribution in [0.5, 0.6) is 0 Å². The Kier molecular flexibility index (Phi) is 4.06. The molecular weight excluding hydrogens is 264 g/mol. The molecular formula is C17H20N2O2. The summed E-state index contributed by atoms with van der Waals surface area (Å²) in [6.45, 7) is 3.98. The topological polar surface area (TPSA) is 45.5 Å². The van der Waals surface area contributed by atoms with Crippen LogP contribution in [-0.2, 0) is 17.8 Å². The van der Waals surface area contributed by atoms with Crippen LogP contribution >= 0.6 is 0 Å². The van der Waals surface area contributed by atoms with Gasteiger partial charge in [-0.15, -0.1) is 0 Å². The molecule has 1 N–H and O–H groups in total. The summed E-state index contributed by atoms with van der Waals surface area (Å²) < 4.78 is 5.58. The molecule has 1 aromatic heterocycles. The minimum Gasteiger partial charge on any atom is -0.468 e. The fourth-order valence-electron chi connectivity index (χ4n) is 2.91. The van der Waals surface area contributed by atoms with E-state index < -0.39 is 0 Å². The van der Waals surface area contributed by atoms with Crippen LogP contribution in [0.25, 0.3) is 0 Å². The van der Waals surface area contributed by atoms with Gasteiger partial charge in [-0.25, -0.2) is 0 Å². The van der Waals surface area contributed by atoms with E-state index in [0.29, 0.717) is 6.54 Å². The first-order chi connectivity index (χ1) is 10.2. The summed E-state index contributed by atoms with van der Waals surface area (Å²) in [5.74, 6) is 0.895. The predicted octanol–water partition coefficient (Wildman–Crippen LogP) is 2.52. The molecule has 1 aliphatic heterocycles. The number of amides is 1. The van der Waals surface area contributed by atoms with Gasteiger partial charge in [0.05, 0.1) is 12.3 Å². The van der Waals surface area contributed by atoms with Gasteiger partial charge in [0.15, 0.2) is 0 Å². The van der Waals surface area contributed by atoms with Crippen LogP contribution in [0.3, 0.4) is 0 Å². The number of fused-ring (bicyclic) bond motifs is 1. The highest BCUT2D eigenvalue weighted by Gasteiger charge is 2.26. The van der Waals surface area contributed by atoms with Gasteiger partial charge in [0.2, 0.25) is 5.91 Å². The van der Waals surface area contributed by atoms with E-state index in [-0.39, 0.29) is 11.9 Å². The second kappa shape index (κ2) is 6.14. The van der Waals surface area contributed by atoms with Crippen molar-refractivity contribution in [3.05, 3.63) is 59.5 Å². The van der Waals surface area contributed by atoms with Gasteiger partial charge in [-0.05, 0) is 29.7 Å². The smallest absolute Gasteiger partial charge is 0.216 e. The summed E-state index contributed by atoms with van der Waals surface area (Å²) in [6.07, 6.45) is 2.72. The number of hydrogen-bond acceptors (Lipinski definition) is 3. The minimum atomic E-state index is -0.0102. The summed E-state index contributed by atoms with van der Waals surface area (Å²) in [7, 11) is 0. The van der Waals surface area contributed by atoms with Crippen LogP contribution in [0, 0.1) is 0 Å². The standard InChI is InChI=1S/C17H20N2O2/c1-13(20)18-11-16(17-7-4-10-21-17)19-9-8-14-5-2-3-6-15(14)12-19/h2-7,10,16H,8-9,11-12H2,1H3,(H,18,20)/t16-/m0/s1. The average molecular weight is 284 g/mol. The molecule has 4 heteroatoms. The van der Waals surface area contributed by atoms with Gasteiger partial charge in [-0.1, -0.05) is 24.3 Å². The zero-order chi connectivity index (χ0) is 14.7. The minimum absolute atomic E-state index is 0.0102. The Hall–Kier alpha value is -2.07. The molecule has 110 valence electrons. The maximum Gasteiger partial charge on any atom is 0.216 e. The summed E-state index contributed by atoms with van der Waals surface area (Å²) in [6, 6.07) is 12.5. The number of carbonyl (C=O) groups is 1. The van der Waals surface area contributed by atoms with Crippen LogP contribution in [0.1, 0.15) is 29.9 Å². The van der Waals surface area contributed by atoms with E-state index in [1.165, 1.54) is 11.1 Å². The summed E-state index contributed by atoms with van der Waals surface area (Å²) >= 11 is 0. The molecule has 0 aliphatic carbocycles. The Morgan fingerprint density at radius 3 is 2.81 bits per heavy atom. The lowest BCUT2D eigenvalue weighted by atomic mass is 9.98. The molecule has 0 saturated carbocycles. The van der Waals surface area contributed by atoms with Crippen molar-refractivity contribution in [1.82, 2.24) is 10.2 Å². The van der Waals surface area contributed by atoms with Crippen LogP contribution in [0.15, 0.2) is 47.1 Å². The van der Waals surface area contributed by atoms with Crippen molar-refractivity contribution in [2.45, 2.75) is 25.9 Å². The third-order valence-corrected chi connectivity index (χ3v) is 4.02. The second-order valence-electron chi connectivity index (χ2n) is 5.46. The van der Waals surface area contributed by atoms with Gasteiger partial charge in [0.25, 0.3) is 0 Å². The van der Waals surface area contributed by atoms with Crippen molar-refractivity contribution >= 4 is 5.91 Å². The van der Waals surface area contributed by atoms with Crippen LogP contribution in [0.2, 0.25) is 0 Å². The van der Waals surface area contributed by atoms with E-state index in [0.717, 1.165) is 25.3 Å². The normalized spacial score (nSPS) is 16.2. The third kappa shape index (κ3) is 3.16. The molecule has 0 saturated heterocycles. The maximum atomic E-state index is 11.2. The van der Waals surface area contributed by atoms with Gasteiger partial charge in [0, 0.05) is 26.6 Å². The Labute approximate surface area is 124 Å². The molecule has 2 heterocycles. The van der Waals surface area contributed by atoms with Gasteiger partial charge < -0.3 is 9.73 Å². The molecule has 0 spiro atoms. The van der Waals surface area contributed by atoms with Gasteiger partial charge in [-0.2, -0.15) is 0 Å². The maximum absolute atomic E-state index is 11.2. The number of rotatable bonds is 4. The number of nitrogens with zero attached hydrogens (tertiary/aromatic N) is 1. The molecule has 0 fully saturated rings. The first kappa shape index (κ1) is 13.9. The molecule has 3 rings (SSSR count). The van der Waals surface area contributed by atoms with E-state index >= 15 is 0 Å². The van der Waals surface area contributed by atoms with E-state index in [2.05, 4.69) is 34.5 Å². The lowest BCUT2D eigenvalue weighted by Gasteiger charge is -2.34. The van der Waals surface area contributed by atoms with Crippen molar-refractivity contribution in [2.75, 3.05) is 13.1 Å². The Balaban J connectivity index is 1.79. The van der Waals surface area contributed by atoms with Gasteiger partial charge >= 0.3 is 0 Å². The fourth-order valence-corrected chi connectivity index (χ4v) is 2.91. The first-order valence-corrected chi connectivity index (χ1v) is 7.32. The summed E-state index contributed by atoms with van der Waals surface area (Å²) in [5.41, 5.74) is 2.79. The van der Waals surface area contributed by atoms with Crippen LogP contribution in [0.4, 0.5) is 0 Å². The molecule has 1 aliphatic rings. The number of carbonyl (C=O) groups excluding carboxylic acids is 1. The summed E-state index contributed by atoms with van der Waals surface area (Å²) in [4.78, 5) is 13.6. The number of nitrogens with one attached hydrogen (secondary N) is 1. The zero-order valence-electron chi connectivity index (χ0n) is 12.2. The van der Waals surface area contributed by atoms with E-state index in [4.69, 9.17) is 4.42 Å². The van der Waals surface area contributed by atoms with Crippen LogP contribution in [-0.4, -0.2) is 23.9 Å². The molecule has 1 amide bonds. The molecule has 4 nitrogen and oxygen atoms in total. The number of benzene rings is 1. The largest absolute Gasteiger partial charge is 0.468 e.